The van der Waals surface area contributed by atoms with Gasteiger partial charge in [-0.05, 0) is 69.1 Å². The molecule has 13 nitrogen and oxygen atoms in total. The molecule has 3 amide bonds. The lowest BCUT2D eigenvalue weighted by Crippen LogP contribution is -2.58. The van der Waals surface area contributed by atoms with Crippen LogP contribution in [0.5, 0.6) is 11.5 Å². The Kier molecular flexibility index (Phi) is 12.3. The van der Waals surface area contributed by atoms with E-state index in [1.807, 2.05) is 40.0 Å². The summed E-state index contributed by atoms with van der Waals surface area (Å²) in [6.07, 6.45) is 7.89. The zero-order valence-corrected chi connectivity index (χ0v) is 34.4. The Morgan fingerprint density at radius 2 is 1.86 bits per heavy atom. The van der Waals surface area contributed by atoms with Crippen LogP contribution in [0.1, 0.15) is 79.6 Å². The molecular weight excluding hydrogens is 756 g/mol. The van der Waals surface area contributed by atoms with Crippen LogP contribution in [0.4, 0.5) is 9.93 Å². The van der Waals surface area contributed by atoms with Crippen LogP contribution in [-0.2, 0) is 19.1 Å². The molecule has 300 valence electrons. The fourth-order valence-electron chi connectivity index (χ4n) is 7.30. The van der Waals surface area contributed by atoms with Gasteiger partial charge in [-0.3, -0.25) is 9.59 Å². The molecule has 3 fully saturated rings. The number of thiazole rings is 1. The van der Waals surface area contributed by atoms with E-state index in [1.165, 1.54) is 29.6 Å². The first-order chi connectivity index (χ1) is 26.7. The van der Waals surface area contributed by atoms with E-state index in [0.29, 0.717) is 45.2 Å². The normalized spacial score (nSPS) is 22.6. The van der Waals surface area contributed by atoms with Gasteiger partial charge in [0.2, 0.25) is 11.8 Å². The molecule has 1 aromatic carbocycles. The van der Waals surface area contributed by atoms with Crippen molar-refractivity contribution < 1.29 is 33.4 Å². The van der Waals surface area contributed by atoms with Crippen molar-refractivity contribution in [3.63, 3.8) is 0 Å². The lowest BCUT2D eigenvalue weighted by atomic mass is 9.85. The van der Waals surface area contributed by atoms with E-state index in [-0.39, 0.29) is 24.9 Å². The first kappa shape index (κ1) is 41.0. The van der Waals surface area contributed by atoms with Gasteiger partial charge in [-0.25, -0.2) is 14.8 Å². The fourth-order valence-corrected chi connectivity index (χ4v) is 8.44. The molecule has 56 heavy (non-hydrogen) atoms. The van der Waals surface area contributed by atoms with Gasteiger partial charge in [-0.1, -0.05) is 44.9 Å². The van der Waals surface area contributed by atoms with Crippen molar-refractivity contribution in [2.24, 2.45) is 11.3 Å². The third-order valence-electron chi connectivity index (χ3n) is 10.5. The van der Waals surface area contributed by atoms with E-state index in [0.717, 1.165) is 49.1 Å². The Bertz CT molecular complexity index is 2020. The number of pyridine rings is 1. The number of nitrogens with one attached hydrogen (secondary N) is 3. The van der Waals surface area contributed by atoms with Gasteiger partial charge in [-0.2, -0.15) is 0 Å². The van der Waals surface area contributed by atoms with Crippen molar-refractivity contribution in [3.05, 3.63) is 53.1 Å². The summed E-state index contributed by atoms with van der Waals surface area (Å²) in [5.74, 6) is -0.353. The van der Waals surface area contributed by atoms with E-state index < -0.39 is 47.0 Å². The number of anilines is 1. The summed E-state index contributed by atoms with van der Waals surface area (Å²) in [5, 5.41) is 12.5. The first-order valence-corrected chi connectivity index (χ1v) is 20.3. The number of carbonyl (C=O) groups is 4. The second kappa shape index (κ2) is 16.8. The zero-order valence-electron chi connectivity index (χ0n) is 32.8. The highest BCUT2D eigenvalue weighted by atomic mass is 35.5. The number of allylic oxidation sites excluding steroid dienone is 1. The Morgan fingerprint density at radius 1 is 1.11 bits per heavy atom. The number of hydrogen-bond acceptors (Lipinski definition) is 11. The molecule has 1 aliphatic heterocycles. The maximum Gasteiger partial charge on any atom is 0.412 e. The average molecular weight is 807 g/mol. The van der Waals surface area contributed by atoms with Crippen LogP contribution in [0.25, 0.3) is 22.3 Å². The predicted molar refractivity (Wildman–Crippen MR) is 217 cm³/mol. The largest absolute Gasteiger partial charge is 0.495 e. The summed E-state index contributed by atoms with van der Waals surface area (Å²) in [7, 11) is 1.52. The molecule has 5 atom stereocenters. The number of amides is 3. The summed E-state index contributed by atoms with van der Waals surface area (Å²) in [5.41, 5.74) is 0.735. The second-order valence-corrected chi connectivity index (χ2v) is 17.4. The number of aromatic nitrogens is 2. The summed E-state index contributed by atoms with van der Waals surface area (Å²) >= 11 is 8.27. The molecule has 3 heterocycles. The molecular formula is C41H51ClN6O7S. The van der Waals surface area contributed by atoms with Gasteiger partial charge in [-0.15, -0.1) is 17.9 Å². The predicted octanol–water partition coefficient (Wildman–Crippen LogP) is 7.44. The topological polar surface area (TPSA) is 161 Å². The molecule has 3 aromatic rings. The molecule has 0 radical (unpaired) electrons. The minimum absolute atomic E-state index is 0.00541. The molecule has 3 unspecified atom stereocenters. The number of hydrogen-bond donors (Lipinski definition) is 3. The third kappa shape index (κ3) is 8.96. The van der Waals surface area contributed by atoms with E-state index in [1.54, 1.807) is 24.3 Å². The van der Waals surface area contributed by atoms with Crippen LogP contribution < -0.4 is 25.4 Å². The number of alkyl carbamates (subject to hydrolysis) is 1. The van der Waals surface area contributed by atoms with Gasteiger partial charge < -0.3 is 39.9 Å². The van der Waals surface area contributed by atoms with E-state index >= 15 is 0 Å². The highest BCUT2D eigenvalue weighted by molar-refractivity contribution is 7.14. The number of aldehydes is 1. The minimum Gasteiger partial charge on any atom is -0.495 e. The van der Waals surface area contributed by atoms with Gasteiger partial charge in [0.1, 0.15) is 52.2 Å². The number of nitrogens with zero attached hydrogens (tertiary/aromatic N) is 3. The highest BCUT2D eigenvalue weighted by Gasteiger charge is 2.56. The smallest absolute Gasteiger partial charge is 0.412 e. The van der Waals surface area contributed by atoms with Crippen LogP contribution in [0.3, 0.4) is 0 Å². The maximum atomic E-state index is 14.6. The molecule has 0 spiro atoms. The van der Waals surface area contributed by atoms with Gasteiger partial charge in [0.25, 0.3) is 0 Å². The van der Waals surface area contributed by atoms with Crippen molar-refractivity contribution in [3.8, 4) is 22.9 Å². The molecule has 2 saturated carbocycles. The van der Waals surface area contributed by atoms with Crippen molar-refractivity contribution in [1.82, 2.24) is 25.5 Å². The second-order valence-electron chi connectivity index (χ2n) is 16.2. The molecule has 1 saturated heterocycles. The number of ether oxygens (including phenoxy) is 3. The fraction of sp³-hybridized carbons (Fsp3) is 0.512. The van der Waals surface area contributed by atoms with Crippen LogP contribution in [-0.4, -0.2) is 82.5 Å². The highest BCUT2D eigenvalue weighted by Crippen LogP contribution is 2.43. The lowest BCUT2D eigenvalue weighted by molar-refractivity contribution is -0.142. The molecule has 2 aliphatic carbocycles. The van der Waals surface area contributed by atoms with Crippen molar-refractivity contribution >= 4 is 63.2 Å². The van der Waals surface area contributed by atoms with Crippen LogP contribution in [0.2, 0.25) is 5.02 Å². The lowest BCUT2D eigenvalue weighted by Gasteiger charge is -2.35. The minimum atomic E-state index is -1.09. The van der Waals surface area contributed by atoms with Gasteiger partial charge in [0.15, 0.2) is 5.13 Å². The Labute approximate surface area is 336 Å². The Hall–Kier alpha value is -4.69. The van der Waals surface area contributed by atoms with Crippen LogP contribution in [0.15, 0.2) is 48.1 Å². The third-order valence-corrected chi connectivity index (χ3v) is 11.6. The number of halogens is 1. The monoisotopic (exact) mass is 806 g/mol. The molecule has 2 aromatic heterocycles. The zero-order chi connectivity index (χ0) is 40.4. The summed E-state index contributed by atoms with van der Waals surface area (Å²) in [6, 6.07) is 3.38. The number of carbonyl (C=O) groups excluding carboxylic acids is 4. The summed E-state index contributed by atoms with van der Waals surface area (Å²) in [6.45, 7) is 13.4. The molecule has 6 rings (SSSR count). The SMILES string of the molecule is C=CC1C[C@@]1(C=O)NC(=O)C1C[C@@H](Oc2cc(-c3csc(NC(C)C)n3)nc3c(Cl)c(OC)ccc23)CN1C(=O)C(NC(=O)OC=C1CCCCC1)C(C)(C)C. The molecule has 3 N–H and O–H groups in total. The summed E-state index contributed by atoms with van der Waals surface area (Å²) in [4.78, 5) is 65.1. The van der Waals surface area contributed by atoms with E-state index in [2.05, 4.69) is 22.5 Å². The number of likely N-dealkylation sites (tertiary alicyclic amines) is 1. The molecule has 0 bridgehead atoms. The van der Waals surface area contributed by atoms with Crippen molar-refractivity contribution in [2.45, 2.75) is 109 Å². The van der Waals surface area contributed by atoms with Crippen molar-refractivity contribution in [2.75, 3.05) is 19.0 Å². The quantitative estimate of drug-likeness (QED) is 0.0900. The summed E-state index contributed by atoms with van der Waals surface area (Å²) < 4.78 is 17.7. The number of fused-ring (bicyclic) bond motifs is 1. The molecule has 15 heteroatoms. The van der Waals surface area contributed by atoms with Crippen LogP contribution in [0, 0.1) is 11.3 Å². The van der Waals surface area contributed by atoms with Gasteiger partial charge >= 0.3 is 6.09 Å². The Balaban J connectivity index is 1.32. The maximum absolute atomic E-state index is 14.6. The van der Waals surface area contributed by atoms with Crippen LogP contribution >= 0.6 is 22.9 Å². The average Bonchev–Trinajstić information content (AvgIpc) is 3.42. The van der Waals surface area contributed by atoms with Gasteiger partial charge in [0.05, 0.1) is 31.1 Å². The Morgan fingerprint density at radius 3 is 2.50 bits per heavy atom. The van der Waals surface area contributed by atoms with Gasteiger partial charge in [0, 0.05) is 35.2 Å². The number of rotatable bonds is 13. The van der Waals surface area contributed by atoms with Crippen molar-refractivity contribution in [1.29, 1.82) is 0 Å². The molecule has 3 aliphatic rings. The van der Waals surface area contributed by atoms with E-state index in [9.17, 15) is 19.2 Å². The first-order valence-electron chi connectivity index (χ1n) is 19.1. The standard InChI is InChI=1S/C41H51ClN6O7S/c1-8-25-18-41(25,22-49)47-36(50)30-16-26(19-48(30)37(51)35(40(4,5)6)46-39(52)54-20-24-12-10-9-11-13-24)55-32-17-28(29-21-56-38(45-29)43-23(2)3)44-34-27(32)14-15-31(53-7)33(34)42/h8,14-15,17,20-23,25-26,30,35H,1,9-13,16,18-19H2,2-7H3,(H,43,45)(H,46,52)(H,47,50)/t25?,26-,30?,35?,41+/m1/s1. The number of methoxy groups -OCH3 is 1. The number of benzene rings is 1. The van der Waals surface area contributed by atoms with E-state index in [4.69, 9.17) is 35.8 Å².